The third kappa shape index (κ3) is 3.64. The fraction of sp³-hybridized carbons (Fsp3) is 0.143. The van der Waals surface area contributed by atoms with E-state index in [0.29, 0.717) is 11.5 Å². The summed E-state index contributed by atoms with van der Waals surface area (Å²) in [5, 5.41) is 0. The quantitative estimate of drug-likeness (QED) is 0.873. The summed E-state index contributed by atoms with van der Waals surface area (Å²) in [5.41, 5.74) is 0.153. The van der Waals surface area contributed by atoms with Crippen LogP contribution in [0.1, 0.15) is 11.1 Å². The summed E-state index contributed by atoms with van der Waals surface area (Å²) in [6.45, 7) is 0.246. The second kappa shape index (κ2) is 5.83. The number of rotatable bonds is 4. The third-order valence-electron chi connectivity index (χ3n) is 2.65. The molecule has 0 saturated carbocycles. The first-order valence-corrected chi connectivity index (χ1v) is 5.75. The first-order chi connectivity index (χ1) is 9.49. The van der Waals surface area contributed by atoms with E-state index in [1.807, 2.05) is 0 Å². The molecule has 0 fully saturated rings. The fourth-order valence-electron chi connectivity index (χ4n) is 1.57. The van der Waals surface area contributed by atoms with Gasteiger partial charge in [-0.05, 0) is 42.0 Å². The van der Waals surface area contributed by atoms with Crippen LogP contribution >= 0.6 is 0 Å². The molecule has 0 bridgehead atoms. The summed E-state index contributed by atoms with van der Waals surface area (Å²) in [4.78, 5) is 4.53. The monoisotopic (exact) mass is 283 g/mol. The van der Waals surface area contributed by atoms with Crippen LogP contribution in [0.5, 0.6) is 11.5 Å². The zero-order valence-corrected chi connectivity index (χ0v) is 10.4. The van der Waals surface area contributed by atoms with Gasteiger partial charge >= 0.3 is 6.18 Å². The van der Waals surface area contributed by atoms with Gasteiger partial charge in [0.25, 0.3) is 0 Å². The second-order valence-electron chi connectivity index (χ2n) is 4.07. The van der Waals surface area contributed by atoms with Gasteiger partial charge in [0.1, 0.15) is 18.1 Å². The Bertz CT molecular complexity index is 550. The van der Waals surface area contributed by atoms with Gasteiger partial charge in [-0.15, -0.1) is 0 Å². The van der Waals surface area contributed by atoms with Crippen molar-refractivity contribution in [2.45, 2.75) is 12.8 Å². The van der Waals surface area contributed by atoms with Gasteiger partial charge < -0.3 is 9.57 Å². The molecule has 0 spiro atoms. The lowest BCUT2D eigenvalue weighted by Gasteiger charge is -2.09. The first kappa shape index (κ1) is 14.2. The predicted molar refractivity (Wildman–Crippen MR) is 67.0 cm³/mol. The highest BCUT2D eigenvalue weighted by Gasteiger charge is 2.29. The van der Waals surface area contributed by atoms with Gasteiger partial charge in [0, 0.05) is 0 Å². The third-order valence-corrected chi connectivity index (χ3v) is 2.65. The van der Waals surface area contributed by atoms with Crippen LogP contribution in [0.2, 0.25) is 0 Å². The van der Waals surface area contributed by atoms with E-state index in [1.165, 1.54) is 12.1 Å². The molecule has 0 heterocycles. The minimum absolute atomic E-state index is 0.246. The van der Waals surface area contributed by atoms with Crippen molar-refractivity contribution < 1.29 is 22.7 Å². The van der Waals surface area contributed by atoms with Crippen molar-refractivity contribution in [2.24, 2.45) is 5.90 Å². The molecule has 0 aliphatic heterocycles. The fourth-order valence-corrected chi connectivity index (χ4v) is 1.57. The highest BCUT2D eigenvalue weighted by Crippen LogP contribution is 2.30. The normalized spacial score (nSPS) is 11.2. The molecule has 2 N–H and O–H groups in total. The second-order valence-corrected chi connectivity index (χ2v) is 4.07. The van der Waals surface area contributed by atoms with Gasteiger partial charge in [-0.2, -0.15) is 19.1 Å². The largest absolute Gasteiger partial charge is 0.489 e. The van der Waals surface area contributed by atoms with Crippen LogP contribution in [0.4, 0.5) is 13.2 Å². The topological polar surface area (TPSA) is 44.5 Å². The van der Waals surface area contributed by atoms with Crippen LogP contribution in [0, 0.1) is 0 Å². The molecule has 6 heteroatoms. The van der Waals surface area contributed by atoms with E-state index in [0.717, 1.165) is 17.7 Å². The molecule has 0 saturated heterocycles. The molecular weight excluding hydrogens is 271 g/mol. The molecule has 0 radical (unpaired) electrons. The standard InChI is InChI=1S/C14H12F3NO2/c15-14(16,17)11-3-7-12(8-4-11)19-9-10-1-5-13(20-18)6-2-10/h1-8H,9,18H2. The van der Waals surface area contributed by atoms with Crippen molar-refractivity contribution in [1.29, 1.82) is 0 Å². The zero-order valence-electron chi connectivity index (χ0n) is 10.4. The molecule has 2 aromatic rings. The summed E-state index contributed by atoms with van der Waals surface area (Å²) in [6, 6.07) is 11.4. The number of ether oxygens (including phenoxy) is 1. The minimum Gasteiger partial charge on any atom is -0.489 e. The lowest BCUT2D eigenvalue weighted by Crippen LogP contribution is -2.04. The number of hydrogen-bond acceptors (Lipinski definition) is 3. The van der Waals surface area contributed by atoms with Crippen LogP contribution < -0.4 is 15.5 Å². The lowest BCUT2D eigenvalue weighted by molar-refractivity contribution is -0.137. The van der Waals surface area contributed by atoms with Crippen molar-refractivity contribution in [3.8, 4) is 11.5 Å². The SMILES string of the molecule is NOc1ccc(COc2ccc(C(F)(F)F)cc2)cc1. The highest BCUT2D eigenvalue weighted by atomic mass is 19.4. The molecule has 20 heavy (non-hydrogen) atoms. The Morgan fingerprint density at radius 2 is 1.40 bits per heavy atom. The maximum Gasteiger partial charge on any atom is 0.416 e. The summed E-state index contributed by atoms with van der Waals surface area (Å²) < 4.78 is 42.5. The van der Waals surface area contributed by atoms with Crippen molar-refractivity contribution in [1.82, 2.24) is 0 Å². The van der Waals surface area contributed by atoms with Gasteiger partial charge in [-0.25, -0.2) is 0 Å². The van der Waals surface area contributed by atoms with Crippen molar-refractivity contribution in [2.75, 3.05) is 0 Å². The Labute approximate surface area is 113 Å². The highest BCUT2D eigenvalue weighted by molar-refractivity contribution is 5.30. The van der Waals surface area contributed by atoms with E-state index in [1.54, 1.807) is 24.3 Å². The molecule has 0 unspecified atom stereocenters. The van der Waals surface area contributed by atoms with Crippen LogP contribution in [0.15, 0.2) is 48.5 Å². The summed E-state index contributed by atoms with van der Waals surface area (Å²) in [5.74, 6) is 5.88. The van der Waals surface area contributed by atoms with E-state index >= 15 is 0 Å². The smallest absolute Gasteiger partial charge is 0.416 e. The van der Waals surface area contributed by atoms with E-state index in [9.17, 15) is 13.2 Å². The van der Waals surface area contributed by atoms with E-state index < -0.39 is 11.7 Å². The number of nitrogens with two attached hydrogens (primary N) is 1. The van der Waals surface area contributed by atoms with Crippen LogP contribution in [-0.2, 0) is 12.8 Å². The molecule has 2 rings (SSSR count). The van der Waals surface area contributed by atoms with Crippen molar-refractivity contribution >= 4 is 0 Å². The molecule has 3 nitrogen and oxygen atoms in total. The van der Waals surface area contributed by atoms with Gasteiger partial charge in [0.15, 0.2) is 0 Å². The lowest BCUT2D eigenvalue weighted by atomic mass is 10.2. The van der Waals surface area contributed by atoms with Crippen molar-refractivity contribution in [3.05, 3.63) is 59.7 Å². The first-order valence-electron chi connectivity index (χ1n) is 5.75. The molecule has 2 aromatic carbocycles. The van der Waals surface area contributed by atoms with Crippen LogP contribution in [-0.4, -0.2) is 0 Å². The van der Waals surface area contributed by atoms with E-state index in [-0.39, 0.29) is 6.61 Å². The Morgan fingerprint density at radius 3 is 1.90 bits per heavy atom. The molecular formula is C14H12F3NO2. The Morgan fingerprint density at radius 1 is 0.850 bits per heavy atom. The summed E-state index contributed by atoms with van der Waals surface area (Å²) in [7, 11) is 0. The number of halogens is 3. The minimum atomic E-state index is -4.34. The zero-order chi connectivity index (χ0) is 14.6. The average Bonchev–Trinajstić information content (AvgIpc) is 2.45. The van der Waals surface area contributed by atoms with Crippen LogP contribution in [0.3, 0.4) is 0 Å². The van der Waals surface area contributed by atoms with Gasteiger partial charge in [-0.1, -0.05) is 12.1 Å². The molecule has 0 aliphatic rings. The maximum atomic E-state index is 12.4. The van der Waals surface area contributed by atoms with E-state index in [4.69, 9.17) is 10.6 Å². The number of alkyl halides is 3. The predicted octanol–water partition coefficient (Wildman–Crippen LogP) is 3.54. The molecule has 0 aromatic heterocycles. The summed E-state index contributed by atoms with van der Waals surface area (Å²) in [6.07, 6.45) is -4.34. The van der Waals surface area contributed by atoms with Crippen molar-refractivity contribution in [3.63, 3.8) is 0 Å². The van der Waals surface area contributed by atoms with E-state index in [2.05, 4.69) is 4.84 Å². The Hall–Kier alpha value is -2.21. The number of hydrogen-bond donors (Lipinski definition) is 1. The molecule has 106 valence electrons. The van der Waals surface area contributed by atoms with Gasteiger partial charge in [-0.3, -0.25) is 0 Å². The molecule has 0 atom stereocenters. The molecule has 0 amide bonds. The molecule has 0 aliphatic carbocycles. The number of benzene rings is 2. The van der Waals surface area contributed by atoms with Gasteiger partial charge in [0.2, 0.25) is 0 Å². The van der Waals surface area contributed by atoms with Gasteiger partial charge in [0.05, 0.1) is 5.56 Å². The van der Waals surface area contributed by atoms with Crippen LogP contribution in [0.25, 0.3) is 0 Å². The average molecular weight is 283 g/mol. The Balaban J connectivity index is 1.96. The Kier molecular flexibility index (Phi) is 4.14. The summed E-state index contributed by atoms with van der Waals surface area (Å²) >= 11 is 0. The maximum absolute atomic E-state index is 12.4.